The molecule has 1 atom stereocenters. The van der Waals surface area contributed by atoms with E-state index in [1.807, 2.05) is 12.3 Å². The molecule has 5 nitrogen and oxygen atoms in total. The van der Waals surface area contributed by atoms with Gasteiger partial charge >= 0.3 is 0 Å². The molecule has 4 rings (SSSR count). The summed E-state index contributed by atoms with van der Waals surface area (Å²) < 4.78 is 7.70. The lowest BCUT2D eigenvalue weighted by Crippen LogP contribution is -2.35. The summed E-state index contributed by atoms with van der Waals surface area (Å²) >= 11 is 0. The van der Waals surface area contributed by atoms with Crippen LogP contribution >= 0.6 is 0 Å². The van der Waals surface area contributed by atoms with E-state index in [1.54, 1.807) is 7.11 Å². The minimum Gasteiger partial charge on any atom is -0.384 e. The zero-order valence-electron chi connectivity index (χ0n) is 13.7. The molecule has 1 aliphatic carbocycles. The maximum Gasteiger partial charge on any atom is 0.0560 e. The summed E-state index contributed by atoms with van der Waals surface area (Å²) in [5.41, 5.74) is 3.88. The van der Waals surface area contributed by atoms with Gasteiger partial charge in [0.2, 0.25) is 0 Å². The van der Waals surface area contributed by atoms with E-state index in [9.17, 15) is 0 Å². The lowest BCUT2D eigenvalue weighted by Gasteiger charge is -2.32. The smallest absolute Gasteiger partial charge is 0.0560 e. The molecule has 5 heteroatoms. The van der Waals surface area contributed by atoms with Crippen LogP contribution in [0.4, 0.5) is 0 Å². The van der Waals surface area contributed by atoms with E-state index in [0.29, 0.717) is 5.92 Å². The second kappa shape index (κ2) is 6.42. The van der Waals surface area contributed by atoms with Crippen LogP contribution in [0.1, 0.15) is 35.7 Å². The third kappa shape index (κ3) is 3.31. The Morgan fingerprint density at radius 2 is 2.22 bits per heavy atom. The van der Waals surface area contributed by atoms with E-state index in [0.717, 1.165) is 44.4 Å². The SMILES string of the molecule is COC[C@@H]1CN(Cc2ccccn2)Cc2c1cnn2CC1CC1. The summed E-state index contributed by atoms with van der Waals surface area (Å²) in [5, 5.41) is 4.67. The molecule has 0 N–H and O–H groups in total. The molecule has 0 saturated heterocycles. The topological polar surface area (TPSA) is 43.2 Å². The molecular weight excluding hydrogens is 288 g/mol. The average molecular weight is 312 g/mol. The molecule has 3 heterocycles. The number of fused-ring (bicyclic) bond motifs is 1. The summed E-state index contributed by atoms with van der Waals surface area (Å²) in [5.74, 6) is 1.24. The van der Waals surface area contributed by atoms with E-state index >= 15 is 0 Å². The highest BCUT2D eigenvalue weighted by Gasteiger charge is 2.31. The Bertz CT molecular complexity index is 650. The Morgan fingerprint density at radius 3 is 2.96 bits per heavy atom. The molecule has 122 valence electrons. The van der Waals surface area contributed by atoms with Crippen LogP contribution in [0.2, 0.25) is 0 Å². The second-order valence-electron chi connectivity index (χ2n) is 6.82. The van der Waals surface area contributed by atoms with Crippen molar-refractivity contribution in [2.45, 2.75) is 38.4 Å². The lowest BCUT2D eigenvalue weighted by molar-refractivity contribution is 0.133. The lowest BCUT2D eigenvalue weighted by atomic mass is 9.95. The van der Waals surface area contributed by atoms with E-state index in [4.69, 9.17) is 4.74 Å². The van der Waals surface area contributed by atoms with Crippen molar-refractivity contribution in [3.8, 4) is 0 Å². The van der Waals surface area contributed by atoms with Gasteiger partial charge in [-0.2, -0.15) is 5.10 Å². The first-order chi connectivity index (χ1) is 11.3. The number of aromatic nitrogens is 3. The van der Waals surface area contributed by atoms with Crippen LogP contribution in [0.15, 0.2) is 30.6 Å². The Balaban J connectivity index is 1.56. The van der Waals surface area contributed by atoms with Crippen LogP contribution in [0, 0.1) is 5.92 Å². The Kier molecular flexibility index (Phi) is 4.14. The number of ether oxygens (including phenoxy) is 1. The number of pyridine rings is 1. The Morgan fingerprint density at radius 1 is 1.30 bits per heavy atom. The molecule has 2 aromatic rings. The minimum absolute atomic E-state index is 0.403. The normalized spacial score (nSPS) is 21.3. The van der Waals surface area contributed by atoms with Crippen molar-refractivity contribution in [1.29, 1.82) is 0 Å². The van der Waals surface area contributed by atoms with Crippen molar-refractivity contribution in [3.05, 3.63) is 47.5 Å². The highest BCUT2D eigenvalue weighted by atomic mass is 16.5. The van der Waals surface area contributed by atoms with Gasteiger partial charge in [0.15, 0.2) is 0 Å². The van der Waals surface area contributed by atoms with Crippen molar-refractivity contribution >= 4 is 0 Å². The van der Waals surface area contributed by atoms with Crippen molar-refractivity contribution in [3.63, 3.8) is 0 Å². The first kappa shape index (κ1) is 14.8. The van der Waals surface area contributed by atoms with E-state index in [-0.39, 0.29) is 0 Å². The highest BCUT2D eigenvalue weighted by molar-refractivity contribution is 5.26. The minimum atomic E-state index is 0.403. The first-order valence-corrected chi connectivity index (χ1v) is 8.49. The zero-order valence-corrected chi connectivity index (χ0v) is 13.7. The van der Waals surface area contributed by atoms with Crippen LogP contribution in [0.25, 0.3) is 0 Å². The van der Waals surface area contributed by atoms with Gasteiger partial charge in [-0.05, 0) is 30.9 Å². The second-order valence-corrected chi connectivity index (χ2v) is 6.82. The highest BCUT2D eigenvalue weighted by Crippen LogP contribution is 2.34. The fourth-order valence-electron chi connectivity index (χ4n) is 3.51. The summed E-state index contributed by atoms with van der Waals surface area (Å²) in [4.78, 5) is 6.94. The van der Waals surface area contributed by atoms with Crippen molar-refractivity contribution in [2.24, 2.45) is 5.92 Å². The van der Waals surface area contributed by atoms with Gasteiger partial charge in [0.25, 0.3) is 0 Å². The molecular formula is C18H24N4O. The van der Waals surface area contributed by atoms with Crippen LogP contribution in [0.5, 0.6) is 0 Å². The van der Waals surface area contributed by atoms with Gasteiger partial charge in [-0.25, -0.2) is 0 Å². The first-order valence-electron chi connectivity index (χ1n) is 8.49. The van der Waals surface area contributed by atoms with Crippen LogP contribution in [-0.2, 0) is 24.4 Å². The summed E-state index contributed by atoms with van der Waals surface area (Å²) in [6.07, 6.45) is 6.65. The van der Waals surface area contributed by atoms with Crippen LogP contribution in [0.3, 0.4) is 0 Å². The van der Waals surface area contributed by atoms with E-state index < -0.39 is 0 Å². The maximum absolute atomic E-state index is 5.46. The summed E-state index contributed by atoms with van der Waals surface area (Å²) in [6.45, 7) is 4.67. The summed E-state index contributed by atoms with van der Waals surface area (Å²) in [6, 6.07) is 6.13. The number of rotatable bonds is 6. The molecule has 0 radical (unpaired) electrons. The molecule has 0 bridgehead atoms. The molecule has 1 fully saturated rings. The molecule has 0 aromatic carbocycles. The molecule has 1 saturated carbocycles. The number of hydrogen-bond donors (Lipinski definition) is 0. The fraction of sp³-hybridized carbons (Fsp3) is 0.556. The van der Waals surface area contributed by atoms with Crippen LogP contribution in [-0.4, -0.2) is 39.9 Å². The Hall–Kier alpha value is -1.72. The molecule has 1 aliphatic heterocycles. The average Bonchev–Trinajstić information content (AvgIpc) is 3.29. The van der Waals surface area contributed by atoms with E-state index in [2.05, 4.69) is 38.0 Å². The molecule has 0 unspecified atom stereocenters. The molecule has 0 amide bonds. The third-order valence-electron chi connectivity index (χ3n) is 4.88. The number of methoxy groups -OCH3 is 1. The predicted octanol–water partition coefficient (Wildman–Crippen LogP) is 2.43. The largest absolute Gasteiger partial charge is 0.384 e. The van der Waals surface area contributed by atoms with Gasteiger partial charge in [-0.1, -0.05) is 6.07 Å². The standard InChI is InChI=1S/C18H24N4O/c1-23-13-15-10-21(11-16-4-2-3-7-19-16)12-18-17(15)8-20-22(18)9-14-5-6-14/h2-4,7-8,14-15H,5-6,9-13H2,1H3/t15-/m0/s1. The van der Waals surface area contributed by atoms with Gasteiger partial charge < -0.3 is 4.74 Å². The van der Waals surface area contributed by atoms with E-state index in [1.165, 1.54) is 24.1 Å². The monoisotopic (exact) mass is 312 g/mol. The molecule has 2 aliphatic rings. The molecule has 0 spiro atoms. The van der Waals surface area contributed by atoms with Crippen molar-refractivity contribution < 1.29 is 4.74 Å². The Labute approximate surface area is 137 Å². The molecule has 2 aromatic heterocycles. The van der Waals surface area contributed by atoms with Crippen molar-refractivity contribution in [1.82, 2.24) is 19.7 Å². The van der Waals surface area contributed by atoms with Gasteiger partial charge in [-0.3, -0.25) is 14.6 Å². The fourth-order valence-corrected chi connectivity index (χ4v) is 3.51. The maximum atomic E-state index is 5.46. The van der Waals surface area contributed by atoms with Gasteiger partial charge in [0.05, 0.1) is 24.2 Å². The number of nitrogens with zero attached hydrogens (tertiary/aromatic N) is 4. The number of hydrogen-bond acceptors (Lipinski definition) is 4. The predicted molar refractivity (Wildman–Crippen MR) is 87.9 cm³/mol. The van der Waals surface area contributed by atoms with Crippen LogP contribution < -0.4 is 0 Å². The quantitative estimate of drug-likeness (QED) is 0.822. The molecule has 23 heavy (non-hydrogen) atoms. The summed E-state index contributed by atoms with van der Waals surface area (Å²) in [7, 11) is 1.78. The zero-order chi connectivity index (χ0) is 15.6. The third-order valence-corrected chi connectivity index (χ3v) is 4.88. The van der Waals surface area contributed by atoms with Crippen molar-refractivity contribution in [2.75, 3.05) is 20.3 Å². The van der Waals surface area contributed by atoms with Gasteiger partial charge in [0.1, 0.15) is 0 Å². The van der Waals surface area contributed by atoms with Gasteiger partial charge in [0, 0.05) is 51.0 Å². The van der Waals surface area contributed by atoms with Gasteiger partial charge in [-0.15, -0.1) is 0 Å².